The second-order valence-corrected chi connectivity index (χ2v) is 4.37. The molecule has 0 bridgehead atoms. The summed E-state index contributed by atoms with van der Waals surface area (Å²) in [5.41, 5.74) is 0. The predicted molar refractivity (Wildman–Crippen MR) is 53.5 cm³/mol. The summed E-state index contributed by atoms with van der Waals surface area (Å²) >= 11 is 0. The van der Waals surface area contributed by atoms with Gasteiger partial charge >= 0.3 is 8.60 Å². The zero-order valence-electron chi connectivity index (χ0n) is 8.49. The molecular formula is C9H19O3P. The first-order valence-electron chi connectivity index (χ1n) is 5.09. The van der Waals surface area contributed by atoms with E-state index in [1.807, 2.05) is 0 Å². The third-order valence-electron chi connectivity index (χ3n) is 2.00. The van der Waals surface area contributed by atoms with Crippen LogP contribution in [0, 0.1) is 0 Å². The Bertz CT molecular complexity index is 132. The van der Waals surface area contributed by atoms with E-state index in [1.165, 1.54) is 12.8 Å². The molecule has 0 aromatic heterocycles. The van der Waals surface area contributed by atoms with Crippen molar-refractivity contribution in [2.24, 2.45) is 0 Å². The highest BCUT2D eigenvalue weighted by molar-refractivity contribution is 7.41. The third-order valence-corrected chi connectivity index (χ3v) is 3.22. The van der Waals surface area contributed by atoms with Gasteiger partial charge in [-0.15, -0.1) is 0 Å². The van der Waals surface area contributed by atoms with E-state index in [1.54, 1.807) is 0 Å². The lowest BCUT2D eigenvalue weighted by Crippen LogP contribution is -2.05. The van der Waals surface area contributed by atoms with Crippen molar-refractivity contribution in [3.8, 4) is 0 Å². The fourth-order valence-corrected chi connectivity index (χ4v) is 2.29. The summed E-state index contributed by atoms with van der Waals surface area (Å²) < 4.78 is 16.3. The summed E-state index contributed by atoms with van der Waals surface area (Å²) in [6, 6.07) is 0. The smallest absolute Gasteiger partial charge is 0.312 e. The average Bonchev–Trinajstić information content (AvgIpc) is 2.60. The van der Waals surface area contributed by atoms with E-state index in [9.17, 15) is 0 Å². The van der Waals surface area contributed by atoms with Crippen molar-refractivity contribution in [3.63, 3.8) is 0 Å². The van der Waals surface area contributed by atoms with Crippen LogP contribution in [0.25, 0.3) is 0 Å². The van der Waals surface area contributed by atoms with E-state index in [0.717, 1.165) is 19.4 Å². The van der Waals surface area contributed by atoms with Gasteiger partial charge in [-0.1, -0.05) is 26.7 Å². The largest absolute Gasteiger partial charge is 0.333 e. The summed E-state index contributed by atoms with van der Waals surface area (Å²) in [6.07, 6.45) is 4.83. The second kappa shape index (κ2) is 6.72. The minimum atomic E-state index is -1.01. The van der Waals surface area contributed by atoms with Gasteiger partial charge in [-0.3, -0.25) is 0 Å². The van der Waals surface area contributed by atoms with E-state index in [-0.39, 0.29) is 6.10 Å². The molecule has 0 aliphatic carbocycles. The van der Waals surface area contributed by atoms with Crippen LogP contribution < -0.4 is 0 Å². The number of unbranched alkanes of at least 4 members (excludes halogenated alkanes) is 2. The lowest BCUT2D eigenvalue weighted by Gasteiger charge is -2.08. The van der Waals surface area contributed by atoms with Crippen molar-refractivity contribution in [2.45, 2.75) is 45.6 Å². The number of hydrogen-bond acceptors (Lipinski definition) is 3. The molecule has 1 aliphatic heterocycles. The molecule has 2 unspecified atom stereocenters. The summed E-state index contributed by atoms with van der Waals surface area (Å²) in [6.45, 7) is 5.76. The van der Waals surface area contributed by atoms with Crippen LogP contribution >= 0.6 is 8.60 Å². The molecule has 0 aromatic rings. The zero-order valence-corrected chi connectivity index (χ0v) is 9.39. The van der Waals surface area contributed by atoms with Crippen LogP contribution in [0.5, 0.6) is 0 Å². The maximum Gasteiger partial charge on any atom is 0.333 e. The van der Waals surface area contributed by atoms with Crippen molar-refractivity contribution in [1.82, 2.24) is 0 Å². The predicted octanol–water partition coefficient (Wildman–Crippen LogP) is 3.25. The molecule has 1 saturated heterocycles. The summed E-state index contributed by atoms with van der Waals surface area (Å²) in [5, 5.41) is 0. The van der Waals surface area contributed by atoms with Gasteiger partial charge in [0.2, 0.25) is 0 Å². The first-order chi connectivity index (χ1) is 6.36. The Morgan fingerprint density at radius 2 is 2.23 bits per heavy atom. The Hall–Kier alpha value is 0.310. The molecule has 1 rings (SSSR count). The van der Waals surface area contributed by atoms with Gasteiger partial charge in [-0.25, -0.2) is 0 Å². The van der Waals surface area contributed by atoms with Gasteiger partial charge in [0, 0.05) is 0 Å². The minimum Gasteiger partial charge on any atom is -0.312 e. The molecule has 0 saturated carbocycles. The molecular weight excluding hydrogens is 187 g/mol. The Kier molecular flexibility index (Phi) is 5.88. The fraction of sp³-hybridized carbons (Fsp3) is 1.00. The molecule has 0 amide bonds. The maximum absolute atomic E-state index is 5.51. The van der Waals surface area contributed by atoms with Gasteiger partial charge in [0.05, 0.1) is 19.3 Å². The minimum absolute atomic E-state index is 0.261. The van der Waals surface area contributed by atoms with Crippen LogP contribution in [0.15, 0.2) is 0 Å². The van der Waals surface area contributed by atoms with Crippen LogP contribution in [0.3, 0.4) is 0 Å². The Morgan fingerprint density at radius 3 is 2.85 bits per heavy atom. The van der Waals surface area contributed by atoms with E-state index < -0.39 is 8.60 Å². The van der Waals surface area contributed by atoms with Gasteiger partial charge in [-0.05, 0) is 12.8 Å². The van der Waals surface area contributed by atoms with Crippen molar-refractivity contribution >= 4 is 8.60 Å². The van der Waals surface area contributed by atoms with E-state index in [2.05, 4.69) is 13.8 Å². The van der Waals surface area contributed by atoms with E-state index in [4.69, 9.17) is 13.6 Å². The van der Waals surface area contributed by atoms with Crippen molar-refractivity contribution in [3.05, 3.63) is 0 Å². The van der Waals surface area contributed by atoms with Crippen LogP contribution in [-0.2, 0) is 13.6 Å². The molecule has 78 valence electrons. The third kappa shape index (κ3) is 4.37. The average molecular weight is 206 g/mol. The van der Waals surface area contributed by atoms with Crippen molar-refractivity contribution in [1.29, 1.82) is 0 Å². The summed E-state index contributed by atoms with van der Waals surface area (Å²) in [5.74, 6) is 0. The molecule has 13 heavy (non-hydrogen) atoms. The standard InChI is InChI=1S/C9H19O3P/c1-3-5-6-7-10-13-11-8-9(4-2)12-13/h9H,3-8H2,1-2H3. The fourth-order valence-electron chi connectivity index (χ4n) is 1.08. The van der Waals surface area contributed by atoms with Gasteiger partial charge in [0.25, 0.3) is 0 Å². The highest BCUT2D eigenvalue weighted by Crippen LogP contribution is 2.46. The van der Waals surface area contributed by atoms with Gasteiger partial charge in [0.15, 0.2) is 0 Å². The normalized spacial score (nSPS) is 28.2. The summed E-state index contributed by atoms with van der Waals surface area (Å²) in [7, 11) is -1.01. The first-order valence-corrected chi connectivity index (χ1v) is 6.19. The van der Waals surface area contributed by atoms with Crippen LogP contribution in [0.1, 0.15) is 39.5 Å². The molecule has 0 spiro atoms. The van der Waals surface area contributed by atoms with Crippen molar-refractivity contribution in [2.75, 3.05) is 13.2 Å². The molecule has 1 fully saturated rings. The molecule has 0 radical (unpaired) electrons. The van der Waals surface area contributed by atoms with Crippen LogP contribution in [0.2, 0.25) is 0 Å². The second-order valence-electron chi connectivity index (χ2n) is 3.20. The molecule has 1 heterocycles. The highest BCUT2D eigenvalue weighted by atomic mass is 31.2. The topological polar surface area (TPSA) is 27.7 Å². The zero-order chi connectivity index (χ0) is 9.52. The van der Waals surface area contributed by atoms with Gasteiger partial charge < -0.3 is 13.6 Å². The molecule has 3 nitrogen and oxygen atoms in total. The molecule has 0 N–H and O–H groups in total. The highest BCUT2D eigenvalue weighted by Gasteiger charge is 2.26. The number of hydrogen-bond donors (Lipinski definition) is 0. The van der Waals surface area contributed by atoms with E-state index >= 15 is 0 Å². The van der Waals surface area contributed by atoms with E-state index in [0.29, 0.717) is 6.61 Å². The summed E-state index contributed by atoms with van der Waals surface area (Å²) in [4.78, 5) is 0. The lowest BCUT2D eigenvalue weighted by molar-refractivity contribution is 0.208. The van der Waals surface area contributed by atoms with Crippen LogP contribution in [0.4, 0.5) is 0 Å². The molecule has 0 aromatic carbocycles. The molecule has 4 heteroatoms. The first kappa shape index (κ1) is 11.4. The SMILES string of the molecule is CCCCCOP1OCC(CC)O1. The van der Waals surface area contributed by atoms with Crippen molar-refractivity contribution < 1.29 is 13.6 Å². The Balaban J connectivity index is 1.97. The Morgan fingerprint density at radius 1 is 1.38 bits per heavy atom. The number of rotatable bonds is 6. The molecule has 2 atom stereocenters. The monoisotopic (exact) mass is 206 g/mol. The van der Waals surface area contributed by atoms with Gasteiger partial charge in [-0.2, -0.15) is 0 Å². The van der Waals surface area contributed by atoms with Gasteiger partial charge in [0.1, 0.15) is 0 Å². The Labute approximate surface area is 81.8 Å². The molecule has 1 aliphatic rings. The quantitative estimate of drug-likeness (QED) is 0.493. The maximum atomic E-state index is 5.51. The van der Waals surface area contributed by atoms with Crippen LogP contribution in [-0.4, -0.2) is 19.3 Å². The lowest BCUT2D eigenvalue weighted by atomic mass is 10.3.